The van der Waals surface area contributed by atoms with Crippen molar-refractivity contribution in [3.8, 4) is 0 Å². The van der Waals surface area contributed by atoms with E-state index in [1.54, 1.807) is 0 Å². The first kappa shape index (κ1) is 130. The van der Waals surface area contributed by atoms with Gasteiger partial charge in [-0.3, -0.25) is 38.4 Å². The van der Waals surface area contributed by atoms with Gasteiger partial charge < -0.3 is 244 Å². The number of hydrogen-bond acceptors (Lipinski definition) is 56. The molecule has 0 amide bonds. The normalized spacial score (nSPS) is 38.0. The van der Waals surface area contributed by atoms with Gasteiger partial charge in [0.25, 0.3) is 0 Å². The molecule has 0 aromatic rings. The molecule has 8 saturated heterocycles. The summed E-state index contributed by atoms with van der Waals surface area (Å²) in [4.78, 5) is 94.1. The van der Waals surface area contributed by atoms with Gasteiger partial charge in [0.2, 0.25) is 0 Å². The Morgan fingerprint density at radius 3 is 0.581 bits per heavy atom. The van der Waals surface area contributed by atoms with Crippen molar-refractivity contribution in [1.82, 2.24) is 0 Å². The summed E-state index contributed by atoms with van der Waals surface area (Å²) >= 11 is 8.09. The maximum atomic E-state index is 12.5. The van der Waals surface area contributed by atoms with Crippen molar-refractivity contribution in [2.24, 2.45) is 45.9 Å². The predicted molar refractivity (Wildman–Crippen MR) is 525 cm³/mol. The molecular weight excluding hydrogens is 2150 g/mol. The van der Waals surface area contributed by atoms with Gasteiger partial charge >= 0.3 is 47.8 Å². The topological polar surface area (TPSA) is 978 Å². The van der Waals surface area contributed by atoms with Crippen LogP contribution in [0.3, 0.4) is 0 Å². The van der Waals surface area contributed by atoms with E-state index in [0.717, 1.165) is 82.3 Å². The Morgan fingerprint density at radius 1 is 0.243 bits per heavy atom. The zero-order valence-electron chi connectivity index (χ0n) is 80.4. The lowest BCUT2D eigenvalue weighted by molar-refractivity contribution is -0.391. The number of carboxylic acids is 8. The molecule has 8 rings (SSSR count). The van der Waals surface area contributed by atoms with E-state index in [1.165, 1.54) is 11.8 Å². The fraction of sp³-hybridized carbons (Fsp3) is 0.905. The molecule has 0 bridgehead atoms. The van der Waals surface area contributed by atoms with Gasteiger partial charge in [0.05, 0.1) is 54.9 Å². The minimum Gasteiger partial charge on any atom is -0.480 e. The van der Waals surface area contributed by atoms with Crippen LogP contribution in [0.25, 0.3) is 0 Å². The van der Waals surface area contributed by atoms with Crippen LogP contribution in [0.5, 0.6) is 0 Å². The van der Waals surface area contributed by atoms with E-state index in [0.29, 0.717) is 12.8 Å². The van der Waals surface area contributed by atoms with Crippen LogP contribution < -0.4 is 45.9 Å². The molecular formula is C84H146N8O48S8. The summed E-state index contributed by atoms with van der Waals surface area (Å²) in [5.41, 5.74) is 46.5. The summed E-state index contributed by atoms with van der Waals surface area (Å²) in [6.07, 6.45) is -74.5. The number of aliphatic carboxylic acids is 8. The lowest BCUT2D eigenvalue weighted by Gasteiger charge is -2.50. The maximum Gasteiger partial charge on any atom is 0.320 e. The van der Waals surface area contributed by atoms with Crippen LogP contribution in [-0.2, 0) is 114 Å². The Kier molecular flexibility index (Phi) is 56.5. The largest absolute Gasteiger partial charge is 0.480 e. The van der Waals surface area contributed by atoms with Crippen LogP contribution in [0.2, 0.25) is 0 Å². The molecule has 0 aliphatic carbocycles. The average Bonchev–Trinajstić information content (AvgIpc) is 0.760. The van der Waals surface area contributed by atoms with Crippen molar-refractivity contribution in [3.63, 3.8) is 0 Å². The highest BCUT2D eigenvalue weighted by atomic mass is 32.2. The van der Waals surface area contributed by atoms with Crippen LogP contribution in [0.15, 0.2) is 0 Å². The molecule has 47 atom stereocenters. The minimum absolute atomic E-state index is 0.00496. The molecule has 148 heavy (non-hydrogen) atoms. The molecule has 858 valence electrons. The van der Waals surface area contributed by atoms with E-state index in [4.69, 9.17) is 122 Å². The van der Waals surface area contributed by atoms with Crippen LogP contribution in [-0.4, -0.2) is 557 Å². The van der Waals surface area contributed by atoms with Crippen molar-refractivity contribution in [3.05, 3.63) is 0 Å². The Hall–Kier alpha value is -3.04. The van der Waals surface area contributed by atoms with E-state index in [9.17, 15) is 161 Å². The molecule has 8 heterocycles. The maximum absolute atomic E-state index is 12.5. The first-order chi connectivity index (χ1) is 70.0. The molecule has 0 aromatic heterocycles. The third kappa shape index (κ3) is 38.4. The number of thioether (sulfide) groups is 8. The number of carbonyl (C=O) groups is 8. The van der Waals surface area contributed by atoms with Crippen molar-refractivity contribution < 1.29 is 237 Å². The van der Waals surface area contributed by atoms with Gasteiger partial charge in [-0.1, -0.05) is 13.3 Å². The fourth-order valence-electron chi connectivity index (χ4n) is 16.1. The highest BCUT2D eigenvalue weighted by molar-refractivity contribution is 8.00. The van der Waals surface area contributed by atoms with Crippen LogP contribution in [0.1, 0.15) is 77.6 Å². The predicted octanol–water partition coefficient (Wildman–Crippen LogP) is -11.3. The molecule has 0 saturated carbocycles. The number of unbranched alkanes of at least 4 members (excludes halogenated alkanes) is 1. The average molecular weight is 2290 g/mol. The Morgan fingerprint density at radius 2 is 0.405 bits per heavy atom. The summed E-state index contributed by atoms with van der Waals surface area (Å²) in [6, 6.07) is -10.8. The van der Waals surface area contributed by atoms with E-state index in [1.807, 2.05) is 6.92 Å². The third-order valence-corrected chi connectivity index (χ3v) is 34.0. The number of carboxylic acid groups (broad SMARTS) is 8. The Labute approximate surface area is 883 Å². The molecule has 40 N–H and O–H groups in total. The summed E-state index contributed by atoms with van der Waals surface area (Å²) < 4.78 is 100. The van der Waals surface area contributed by atoms with Gasteiger partial charge in [0.15, 0.2) is 50.3 Å². The van der Waals surface area contributed by atoms with E-state index in [2.05, 4.69) is 0 Å². The minimum atomic E-state index is -2.37. The molecule has 0 radical (unpaired) electrons. The summed E-state index contributed by atoms with van der Waals surface area (Å²) in [6.45, 7) is 1.95. The van der Waals surface area contributed by atoms with Crippen molar-refractivity contribution in [2.45, 2.75) is 365 Å². The van der Waals surface area contributed by atoms with Gasteiger partial charge in [-0.15, -0.1) is 0 Å². The number of ether oxygens (including phenoxy) is 16. The van der Waals surface area contributed by atoms with Crippen molar-refractivity contribution >= 4 is 142 Å². The monoisotopic (exact) mass is 2290 g/mol. The summed E-state index contributed by atoms with van der Waals surface area (Å²) in [5, 5.41) is 270. The fourth-order valence-corrected chi connectivity index (χ4v) is 24.8. The second kappa shape index (κ2) is 64.3. The number of hydrogen-bond donors (Lipinski definition) is 32. The smallest absolute Gasteiger partial charge is 0.320 e. The Bertz CT molecular complexity index is 3940. The van der Waals surface area contributed by atoms with Crippen LogP contribution >= 0.6 is 94.1 Å². The van der Waals surface area contributed by atoms with E-state index < -0.39 is 347 Å². The van der Waals surface area contributed by atoms with Crippen molar-refractivity contribution in [1.29, 1.82) is 0 Å². The molecule has 56 nitrogen and oxygen atoms in total. The standard InChI is InChI=1S/C84H146N8O48S8/c1-2-3-12-125-77-55(102)48(95)62(40(127-77)23-142-14-5-32(86)70(111)112)135-79-57(104)50(97)64(42(129-79)25-144-16-7-34(88)72(115)116)137-81-59(106)52(99)66(44(131-81)27-146-18-9-36(90)74(119)120)139-83-61(108)54(101)68(46(133-83)29-148-20-11-38(92)76(123)124)140-84-60(107)53(100)67(45(132-84)28-147-19-10-37(91)75(121)122)138-82-58(105)51(98)65(43(130-82)26-145-17-8-35(89)73(117)118)136-80-56(103)49(96)63(41(128-80)24-143-15-6-33(87)71(113)114)134-78-47(94)39(93)21-30(126-78)22-141-13-4-31(85)69(109)110/h30-68,77-84,93-108H,2-29,85-92H2,1H3,(H,109,110)(H,111,112)(H,113,114)(H,115,116)(H,117,118)(H,119,120)(H,121,122)(H,123,124). The third-order valence-electron chi connectivity index (χ3n) is 25.2. The van der Waals surface area contributed by atoms with E-state index in [-0.39, 0.29) is 145 Å². The second-order valence-electron chi connectivity index (χ2n) is 36.5. The number of aliphatic hydroxyl groups is 16. The van der Waals surface area contributed by atoms with E-state index >= 15 is 0 Å². The first-order valence-electron chi connectivity index (χ1n) is 47.8. The highest BCUT2D eigenvalue weighted by Crippen LogP contribution is 2.43. The SMILES string of the molecule is CCCCOC1OC(CSCCC(N)C(=O)O)C(OC2OC(CSCCC(N)C(=O)O)C(OC3OC(CSCCC(N)C(=O)O)C(OC4OC(CSCCC(N)C(=O)O)C(OC5OC(CSCCC(N)C(=O)O)C(OC6OC(CSCCC(N)C(=O)O)C(OC7OC(CSCCC(N)C(=O)O)C(OC8OC(CSCCC(N)C(=O)O)CC(O)C8O)C(O)C7O)C(O)C6O)C(O)C5O)C(O)C4O)C(O)C3O)C(O)C2O)C(O)C1O. The van der Waals surface area contributed by atoms with Crippen molar-refractivity contribution in [2.75, 3.05) is 98.7 Å². The Balaban J connectivity index is 1.06. The highest BCUT2D eigenvalue weighted by Gasteiger charge is 2.60. The number of nitrogens with two attached hydrogens (primary N) is 8. The molecule has 8 aliphatic rings. The van der Waals surface area contributed by atoms with Gasteiger partial charge in [0.1, 0.15) is 183 Å². The molecule has 0 spiro atoms. The quantitative estimate of drug-likeness (QED) is 0.0251. The van der Waals surface area contributed by atoms with Gasteiger partial charge in [-0.2, -0.15) is 94.1 Å². The number of rotatable bonds is 66. The molecule has 64 heteroatoms. The van der Waals surface area contributed by atoms with Gasteiger partial charge in [-0.05, 0) is 104 Å². The second-order valence-corrected chi connectivity index (χ2v) is 45.7. The van der Waals surface area contributed by atoms with Gasteiger partial charge in [0, 0.05) is 59.1 Å². The molecule has 47 unspecified atom stereocenters. The molecule has 0 aromatic carbocycles. The van der Waals surface area contributed by atoms with Crippen LogP contribution in [0, 0.1) is 0 Å². The van der Waals surface area contributed by atoms with Crippen LogP contribution in [0.4, 0.5) is 0 Å². The zero-order chi connectivity index (χ0) is 110. The lowest BCUT2D eigenvalue weighted by atomic mass is 9.95. The number of aliphatic hydroxyl groups excluding tert-OH is 16. The zero-order valence-corrected chi connectivity index (χ0v) is 86.9. The summed E-state index contributed by atoms with van der Waals surface area (Å²) in [7, 11) is 0. The molecule has 8 fully saturated rings. The molecule has 8 aliphatic heterocycles. The lowest BCUT2D eigenvalue weighted by Crippen LogP contribution is -2.68. The van der Waals surface area contributed by atoms with Gasteiger partial charge in [-0.25, -0.2) is 0 Å². The first-order valence-corrected chi connectivity index (χ1v) is 57.0. The summed E-state index contributed by atoms with van der Waals surface area (Å²) in [5.74, 6) is -12.7.